The van der Waals surface area contributed by atoms with E-state index >= 15 is 0 Å². The Hall–Kier alpha value is -3.74. The Morgan fingerprint density at radius 3 is 2.44 bits per heavy atom. The van der Waals surface area contributed by atoms with E-state index in [1.165, 1.54) is 39.9 Å². The van der Waals surface area contributed by atoms with Crippen molar-refractivity contribution in [3.05, 3.63) is 101 Å². The predicted octanol–water partition coefficient (Wildman–Crippen LogP) is 8.23. The van der Waals surface area contributed by atoms with Gasteiger partial charge in [0, 0.05) is 44.0 Å². The first kappa shape index (κ1) is 31.3. The Morgan fingerprint density at radius 1 is 0.933 bits per heavy atom. The number of aryl methyl sites for hydroxylation is 2. The lowest BCUT2D eigenvalue weighted by molar-refractivity contribution is 0.0548. The van der Waals surface area contributed by atoms with E-state index in [0.29, 0.717) is 12.5 Å². The van der Waals surface area contributed by atoms with Crippen LogP contribution in [-0.2, 0) is 30.5 Å². The van der Waals surface area contributed by atoms with Gasteiger partial charge in [-0.05, 0) is 122 Å². The number of benzene rings is 3. The number of fused-ring (bicyclic) bond motifs is 1. The lowest BCUT2D eigenvalue weighted by Crippen LogP contribution is -2.30. The molecule has 0 aliphatic carbocycles. The van der Waals surface area contributed by atoms with Crippen molar-refractivity contribution >= 4 is 0 Å². The van der Waals surface area contributed by atoms with Crippen LogP contribution in [0.5, 0.6) is 11.5 Å². The molecule has 45 heavy (non-hydrogen) atoms. The Bertz CT molecular complexity index is 1580. The van der Waals surface area contributed by atoms with E-state index in [-0.39, 0.29) is 5.82 Å². The molecule has 0 unspecified atom stereocenters. The van der Waals surface area contributed by atoms with Crippen LogP contribution in [0.3, 0.4) is 0 Å². The van der Waals surface area contributed by atoms with Gasteiger partial charge in [0.2, 0.25) is 0 Å². The highest BCUT2D eigenvalue weighted by molar-refractivity contribution is 5.88. The molecule has 236 valence electrons. The van der Waals surface area contributed by atoms with E-state index in [2.05, 4.69) is 68.3 Å². The largest absolute Gasteiger partial charge is 0.493 e. The third kappa shape index (κ3) is 7.57. The monoisotopic (exact) mass is 608 g/mol. The van der Waals surface area contributed by atoms with Gasteiger partial charge in [0.05, 0.1) is 18.9 Å². The fourth-order valence-electron chi connectivity index (χ4n) is 6.84. The molecule has 6 heteroatoms. The van der Waals surface area contributed by atoms with E-state index in [1.54, 1.807) is 0 Å². The highest BCUT2D eigenvalue weighted by Crippen LogP contribution is 2.41. The summed E-state index contributed by atoms with van der Waals surface area (Å²) in [5.74, 6) is 2.26. The minimum atomic E-state index is -0.218. The van der Waals surface area contributed by atoms with Gasteiger partial charge in [-0.15, -0.1) is 0 Å². The van der Waals surface area contributed by atoms with Crippen molar-refractivity contribution in [1.82, 2.24) is 9.88 Å². The Kier molecular flexibility index (Phi) is 10.1. The van der Waals surface area contributed by atoms with Gasteiger partial charge >= 0.3 is 0 Å². The smallest absolute Gasteiger partial charge is 0.123 e. The quantitative estimate of drug-likeness (QED) is 0.172. The molecule has 0 N–H and O–H groups in total. The minimum absolute atomic E-state index is 0.218. The molecule has 5 nitrogen and oxygen atoms in total. The summed E-state index contributed by atoms with van der Waals surface area (Å²) in [5.41, 5.74) is 10.7. The van der Waals surface area contributed by atoms with Gasteiger partial charge in [0.25, 0.3) is 0 Å². The van der Waals surface area contributed by atoms with Gasteiger partial charge in [0.1, 0.15) is 17.3 Å². The van der Waals surface area contributed by atoms with Gasteiger partial charge in [-0.3, -0.25) is 4.98 Å². The Balaban J connectivity index is 1.34. The van der Waals surface area contributed by atoms with Crippen LogP contribution in [0.15, 0.2) is 66.7 Å². The fraction of sp³-hybridized carbons (Fsp3) is 0.410. The van der Waals surface area contributed by atoms with Gasteiger partial charge in [-0.1, -0.05) is 37.3 Å². The number of pyridine rings is 1. The van der Waals surface area contributed by atoms with Crippen LogP contribution in [0.2, 0.25) is 0 Å². The zero-order chi connectivity index (χ0) is 31.2. The molecule has 0 saturated carbocycles. The van der Waals surface area contributed by atoms with Crippen LogP contribution in [-0.4, -0.2) is 49.9 Å². The standard InChI is InChI=1S/C39H45FN2O3/c1-4-35-27(2)41-36(26-42(3)25-29-17-21-43-22-18-29)39(38(35)32-11-16-37-31(24-32)6-5-20-45-37)30-9-14-34(15-10-30)44-23-19-28-7-12-33(40)13-8-28/h7-16,24,29H,4-6,17-23,25-26H2,1-3H3. The fourth-order valence-corrected chi connectivity index (χ4v) is 6.84. The van der Waals surface area contributed by atoms with Crippen molar-refractivity contribution in [1.29, 1.82) is 0 Å². The molecule has 0 bridgehead atoms. The summed E-state index contributed by atoms with van der Waals surface area (Å²) < 4.78 is 31.0. The molecule has 1 aromatic heterocycles. The van der Waals surface area contributed by atoms with E-state index in [4.69, 9.17) is 19.2 Å². The molecule has 1 saturated heterocycles. The average Bonchev–Trinajstić information content (AvgIpc) is 3.06. The maximum atomic E-state index is 13.3. The second kappa shape index (κ2) is 14.6. The zero-order valence-corrected chi connectivity index (χ0v) is 26.9. The molecule has 3 aromatic carbocycles. The topological polar surface area (TPSA) is 43.8 Å². The molecular formula is C39H45FN2O3. The first-order valence-electron chi connectivity index (χ1n) is 16.5. The van der Waals surface area contributed by atoms with E-state index in [1.807, 2.05) is 12.1 Å². The van der Waals surface area contributed by atoms with Crippen LogP contribution >= 0.6 is 0 Å². The summed E-state index contributed by atoms with van der Waals surface area (Å²) in [4.78, 5) is 7.72. The first-order valence-corrected chi connectivity index (χ1v) is 16.5. The predicted molar refractivity (Wildman–Crippen MR) is 179 cm³/mol. The SMILES string of the molecule is CCc1c(C)nc(CN(C)CC2CCOCC2)c(-c2ccc(OCCc3ccc(F)cc3)cc2)c1-c1ccc2c(c1)CCCO2. The number of ether oxygens (including phenoxy) is 3. The lowest BCUT2D eigenvalue weighted by atomic mass is 9.86. The third-order valence-corrected chi connectivity index (χ3v) is 9.18. The molecule has 1 fully saturated rings. The average molecular weight is 609 g/mol. The van der Waals surface area contributed by atoms with Crippen molar-refractivity contribution in [2.75, 3.05) is 40.0 Å². The summed E-state index contributed by atoms with van der Waals surface area (Å²) in [6.45, 7) is 9.23. The van der Waals surface area contributed by atoms with Crippen LogP contribution in [0, 0.1) is 18.7 Å². The van der Waals surface area contributed by atoms with E-state index < -0.39 is 0 Å². The molecular weight excluding hydrogens is 563 g/mol. The van der Waals surface area contributed by atoms with Gasteiger partial charge in [0.15, 0.2) is 0 Å². The number of hydrogen-bond acceptors (Lipinski definition) is 5. The molecule has 0 radical (unpaired) electrons. The normalized spacial score (nSPS) is 15.1. The van der Waals surface area contributed by atoms with Crippen LogP contribution < -0.4 is 9.47 Å². The first-order chi connectivity index (χ1) is 22.0. The molecule has 0 amide bonds. The van der Waals surface area contributed by atoms with Crippen molar-refractivity contribution in [3.8, 4) is 33.8 Å². The van der Waals surface area contributed by atoms with Crippen LogP contribution in [0.4, 0.5) is 4.39 Å². The van der Waals surface area contributed by atoms with E-state index in [0.717, 1.165) is 105 Å². The van der Waals surface area contributed by atoms with Gasteiger partial charge < -0.3 is 19.1 Å². The van der Waals surface area contributed by atoms with Gasteiger partial charge in [-0.25, -0.2) is 4.39 Å². The molecule has 4 aromatic rings. The second-order valence-electron chi connectivity index (χ2n) is 12.5. The zero-order valence-electron chi connectivity index (χ0n) is 26.9. The molecule has 6 rings (SSSR count). The lowest BCUT2D eigenvalue weighted by Gasteiger charge is -2.28. The van der Waals surface area contributed by atoms with Crippen molar-refractivity contribution in [2.45, 2.75) is 58.9 Å². The highest BCUT2D eigenvalue weighted by atomic mass is 19.1. The molecule has 0 atom stereocenters. The van der Waals surface area contributed by atoms with Gasteiger partial charge in [-0.2, -0.15) is 0 Å². The second-order valence-corrected chi connectivity index (χ2v) is 12.5. The van der Waals surface area contributed by atoms with Crippen molar-refractivity contribution in [2.24, 2.45) is 5.92 Å². The number of nitrogens with zero attached hydrogens (tertiary/aromatic N) is 2. The summed E-state index contributed by atoms with van der Waals surface area (Å²) >= 11 is 0. The summed E-state index contributed by atoms with van der Waals surface area (Å²) in [6.07, 6.45) is 5.93. The molecule has 0 spiro atoms. The molecule has 3 heterocycles. The summed E-state index contributed by atoms with van der Waals surface area (Å²) in [6, 6.07) is 21.8. The molecule has 2 aliphatic rings. The van der Waals surface area contributed by atoms with E-state index in [9.17, 15) is 4.39 Å². The summed E-state index contributed by atoms with van der Waals surface area (Å²) in [7, 11) is 2.22. The summed E-state index contributed by atoms with van der Waals surface area (Å²) in [5, 5.41) is 0. The highest BCUT2D eigenvalue weighted by Gasteiger charge is 2.24. The number of hydrogen-bond donors (Lipinski definition) is 0. The van der Waals surface area contributed by atoms with Crippen molar-refractivity contribution < 1.29 is 18.6 Å². The third-order valence-electron chi connectivity index (χ3n) is 9.18. The molecule has 2 aliphatic heterocycles. The van der Waals surface area contributed by atoms with Crippen LogP contribution in [0.1, 0.15) is 54.3 Å². The van der Waals surface area contributed by atoms with Crippen LogP contribution in [0.25, 0.3) is 22.3 Å². The number of halogens is 1. The minimum Gasteiger partial charge on any atom is -0.493 e. The Morgan fingerprint density at radius 2 is 1.69 bits per heavy atom. The number of aromatic nitrogens is 1. The maximum Gasteiger partial charge on any atom is 0.123 e. The maximum absolute atomic E-state index is 13.3. The number of rotatable bonds is 11. The Labute approximate surface area is 267 Å². The van der Waals surface area contributed by atoms with Crippen molar-refractivity contribution in [3.63, 3.8) is 0 Å².